The number of hydrogen-bond donors (Lipinski definition) is 1. The van der Waals surface area contributed by atoms with Crippen LogP contribution in [0.25, 0.3) is 5.57 Å². The SMILES string of the molecule is CCN1c2cc(C3=C(C)CN=C3)sc2C(=O)NC1(C)CC(F)(F)F. The largest absolute Gasteiger partial charge is 0.393 e. The van der Waals surface area contributed by atoms with Crippen LogP contribution in [0, 0.1) is 0 Å². The molecule has 1 aromatic rings. The van der Waals surface area contributed by atoms with Crippen molar-refractivity contribution in [3.63, 3.8) is 0 Å². The van der Waals surface area contributed by atoms with Crippen molar-refractivity contribution in [3.05, 3.63) is 21.4 Å². The monoisotopic (exact) mass is 357 g/mol. The number of nitrogens with zero attached hydrogens (tertiary/aromatic N) is 2. The Labute approximate surface area is 142 Å². The first-order chi connectivity index (χ1) is 11.1. The van der Waals surface area contributed by atoms with Crippen molar-refractivity contribution in [3.8, 4) is 0 Å². The van der Waals surface area contributed by atoms with Gasteiger partial charge in [0.2, 0.25) is 0 Å². The number of anilines is 1. The number of rotatable bonds is 3. The summed E-state index contributed by atoms with van der Waals surface area (Å²) in [6, 6.07) is 1.81. The average molecular weight is 357 g/mol. The number of thiophene rings is 1. The van der Waals surface area contributed by atoms with Gasteiger partial charge in [0.15, 0.2) is 0 Å². The second kappa shape index (κ2) is 5.61. The van der Waals surface area contributed by atoms with Gasteiger partial charge in [0.05, 0.1) is 18.7 Å². The minimum Gasteiger partial charge on any atom is -0.348 e. The molecule has 0 saturated carbocycles. The second-order valence-electron chi connectivity index (χ2n) is 6.25. The fraction of sp³-hybridized carbons (Fsp3) is 0.500. The van der Waals surface area contributed by atoms with E-state index < -0.39 is 24.2 Å². The number of amides is 1. The number of hydrogen-bond acceptors (Lipinski definition) is 4. The highest BCUT2D eigenvalue weighted by Crippen LogP contribution is 2.43. The molecule has 0 saturated heterocycles. The lowest BCUT2D eigenvalue weighted by atomic mass is 10.0. The van der Waals surface area contributed by atoms with E-state index in [1.54, 1.807) is 18.0 Å². The zero-order chi connectivity index (χ0) is 17.7. The zero-order valence-electron chi connectivity index (χ0n) is 13.6. The average Bonchev–Trinajstić information content (AvgIpc) is 3.02. The maximum absolute atomic E-state index is 13.0. The molecule has 0 aromatic carbocycles. The van der Waals surface area contributed by atoms with Gasteiger partial charge in [-0.05, 0) is 32.4 Å². The van der Waals surface area contributed by atoms with Crippen molar-refractivity contribution in [1.29, 1.82) is 0 Å². The van der Waals surface area contributed by atoms with Crippen LogP contribution in [0.1, 0.15) is 41.7 Å². The molecule has 1 aromatic heterocycles. The third kappa shape index (κ3) is 2.83. The third-order valence-corrected chi connectivity index (χ3v) is 5.48. The van der Waals surface area contributed by atoms with E-state index in [0.717, 1.165) is 16.0 Å². The van der Waals surface area contributed by atoms with Gasteiger partial charge in [-0.25, -0.2) is 0 Å². The molecule has 1 N–H and O–H groups in total. The number of alkyl halides is 3. The van der Waals surface area contributed by atoms with Crippen LogP contribution >= 0.6 is 11.3 Å². The Hall–Kier alpha value is -1.83. The first kappa shape index (κ1) is 17.0. The molecule has 0 spiro atoms. The van der Waals surface area contributed by atoms with Gasteiger partial charge in [-0.3, -0.25) is 9.79 Å². The van der Waals surface area contributed by atoms with E-state index in [1.807, 2.05) is 13.0 Å². The Morgan fingerprint density at radius 2 is 2.17 bits per heavy atom. The highest BCUT2D eigenvalue weighted by atomic mass is 32.1. The van der Waals surface area contributed by atoms with Gasteiger partial charge in [-0.1, -0.05) is 0 Å². The molecule has 0 fully saturated rings. The number of allylic oxidation sites excluding steroid dienone is 1. The van der Waals surface area contributed by atoms with Crippen molar-refractivity contribution in [2.75, 3.05) is 18.0 Å². The van der Waals surface area contributed by atoms with Crippen LogP contribution in [0.15, 0.2) is 16.6 Å². The van der Waals surface area contributed by atoms with Gasteiger partial charge in [0, 0.05) is 23.2 Å². The molecule has 3 rings (SSSR count). The van der Waals surface area contributed by atoms with E-state index in [0.29, 0.717) is 23.7 Å². The Bertz CT molecular complexity index is 750. The molecule has 2 aliphatic rings. The van der Waals surface area contributed by atoms with Crippen LogP contribution in [-0.4, -0.2) is 37.1 Å². The number of halogens is 3. The maximum atomic E-state index is 13.0. The van der Waals surface area contributed by atoms with E-state index in [9.17, 15) is 18.0 Å². The smallest absolute Gasteiger partial charge is 0.348 e. The summed E-state index contributed by atoms with van der Waals surface area (Å²) < 4.78 is 39.0. The van der Waals surface area contributed by atoms with Crippen LogP contribution in [0.2, 0.25) is 0 Å². The third-order valence-electron chi connectivity index (χ3n) is 4.32. The van der Waals surface area contributed by atoms with Crippen LogP contribution < -0.4 is 10.2 Å². The van der Waals surface area contributed by atoms with E-state index in [1.165, 1.54) is 18.3 Å². The van der Waals surface area contributed by atoms with Gasteiger partial charge in [-0.2, -0.15) is 13.2 Å². The predicted molar refractivity (Wildman–Crippen MR) is 89.8 cm³/mol. The maximum Gasteiger partial charge on any atom is 0.393 e. The molecule has 1 unspecified atom stereocenters. The van der Waals surface area contributed by atoms with E-state index in [2.05, 4.69) is 10.3 Å². The van der Waals surface area contributed by atoms with Crippen molar-refractivity contribution >= 4 is 34.7 Å². The van der Waals surface area contributed by atoms with Crippen LogP contribution in [0.4, 0.5) is 18.9 Å². The summed E-state index contributed by atoms with van der Waals surface area (Å²) in [5.74, 6) is -0.453. The van der Waals surface area contributed by atoms with Crippen molar-refractivity contribution < 1.29 is 18.0 Å². The van der Waals surface area contributed by atoms with Gasteiger partial charge in [-0.15, -0.1) is 11.3 Å². The van der Waals surface area contributed by atoms with Gasteiger partial charge in [0.1, 0.15) is 10.5 Å². The number of nitrogens with one attached hydrogen (secondary N) is 1. The summed E-state index contributed by atoms with van der Waals surface area (Å²) in [5.41, 5.74) is 1.13. The minimum absolute atomic E-state index is 0.363. The molecule has 0 radical (unpaired) electrons. The minimum atomic E-state index is -4.37. The Morgan fingerprint density at radius 3 is 2.71 bits per heavy atom. The van der Waals surface area contributed by atoms with Crippen molar-refractivity contribution in [2.24, 2.45) is 4.99 Å². The fourth-order valence-corrected chi connectivity index (χ4v) is 4.45. The molecular weight excluding hydrogens is 339 g/mol. The summed E-state index contributed by atoms with van der Waals surface area (Å²) in [5, 5.41) is 2.55. The van der Waals surface area contributed by atoms with Crippen LogP contribution in [-0.2, 0) is 0 Å². The molecule has 24 heavy (non-hydrogen) atoms. The van der Waals surface area contributed by atoms with Crippen molar-refractivity contribution in [2.45, 2.75) is 39.0 Å². The molecule has 2 aliphatic heterocycles. The topological polar surface area (TPSA) is 44.7 Å². The summed E-state index contributed by atoms with van der Waals surface area (Å²) in [4.78, 5) is 19.6. The van der Waals surface area contributed by atoms with Gasteiger partial charge >= 0.3 is 6.18 Å². The zero-order valence-corrected chi connectivity index (χ0v) is 14.4. The van der Waals surface area contributed by atoms with Crippen LogP contribution in [0.3, 0.4) is 0 Å². The lowest BCUT2D eigenvalue weighted by molar-refractivity contribution is -0.148. The first-order valence-electron chi connectivity index (χ1n) is 7.65. The highest BCUT2D eigenvalue weighted by molar-refractivity contribution is 7.16. The quantitative estimate of drug-likeness (QED) is 0.893. The standard InChI is InChI=1S/C16H18F3N3OS/c1-4-22-11-5-12(10-7-20-6-9(10)2)24-13(11)14(23)21-15(22,3)8-16(17,18)19/h5,7H,4,6,8H2,1-3H3,(H,21,23). The molecule has 0 aliphatic carbocycles. The summed E-state index contributed by atoms with van der Waals surface area (Å²) in [6.45, 7) is 6.15. The van der Waals surface area contributed by atoms with Gasteiger partial charge < -0.3 is 10.2 Å². The van der Waals surface area contributed by atoms with E-state index in [4.69, 9.17) is 0 Å². The Balaban J connectivity index is 2.06. The fourth-order valence-electron chi connectivity index (χ4n) is 3.30. The molecule has 3 heterocycles. The molecule has 0 bridgehead atoms. The molecule has 130 valence electrons. The molecular formula is C16H18F3N3OS. The lowest BCUT2D eigenvalue weighted by Crippen LogP contribution is -2.63. The summed E-state index contributed by atoms with van der Waals surface area (Å²) in [7, 11) is 0. The van der Waals surface area contributed by atoms with Gasteiger partial charge in [0.25, 0.3) is 5.91 Å². The normalized spacial score (nSPS) is 23.8. The Kier molecular flexibility index (Phi) is 3.98. The van der Waals surface area contributed by atoms with Crippen LogP contribution in [0.5, 0.6) is 0 Å². The molecule has 1 atom stereocenters. The number of aliphatic imine (C=N–C) groups is 1. The summed E-state index contributed by atoms with van der Waals surface area (Å²) >= 11 is 1.30. The van der Waals surface area contributed by atoms with E-state index in [-0.39, 0.29) is 0 Å². The highest BCUT2D eigenvalue weighted by Gasteiger charge is 2.48. The number of carbonyl (C=O) groups excluding carboxylic acids is 1. The van der Waals surface area contributed by atoms with E-state index >= 15 is 0 Å². The molecule has 8 heteroatoms. The predicted octanol–water partition coefficient (Wildman–Crippen LogP) is 3.84. The molecule has 4 nitrogen and oxygen atoms in total. The second-order valence-corrected chi connectivity index (χ2v) is 7.31. The Morgan fingerprint density at radius 1 is 1.46 bits per heavy atom. The van der Waals surface area contributed by atoms with Crippen molar-refractivity contribution in [1.82, 2.24) is 5.32 Å². The summed E-state index contributed by atoms with van der Waals surface area (Å²) in [6.07, 6.45) is -3.72. The number of fused-ring (bicyclic) bond motifs is 1. The first-order valence-corrected chi connectivity index (χ1v) is 8.47. The molecule has 1 amide bonds. The number of carbonyl (C=O) groups is 1. The lowest BCUT2D eigenvalue weighted by Gasteiger charge is -2.46.